The summed E-state index contributed by atoms with van der Waals surface area (Å²) in [6.07, 6.45) is -5.68. The smallest absolute Gasteiger partial charge is 0.328 e. The van der Waals surface area contributed by atoms with Gasteiger partial charge in [0, 0.05) is 12.1 Å². The highest BCUT2D eigenvalue weighted by molar-refractivity contribution is 5.97. The van der Waals surface area contributed by atoms with Gasteiger partial charge in [0.05, 0.1) is 11.3 Å². The molecule has 4 nitrogen and oxygen atoms in total. The number of urea groups is 1. The summed E-state index contributed by atoms with van der Waals surface area (Å²) in [5.41, 5.74) is -1.49. The van der Waals surface area contributed by atoms with E-state index in [9.17, 15) is 22.4 Å². The van der Waals surface area contributed by atoms with Gasteiger partial charge in [0.2, 0.25) is 0 Å². The van der Waals surface area contributed by atoms with E-state index in [0.717, 1.165) is 12.1 Å². The monoisotopic (exact) mass is 333 g/mol. The number of alkyl halides is 3. The SMILES string of the molecule is CC(C)N(/C(F)=N/C(=O)Nc1ccccc1C(F)(F)F)C(C)C. The number of nitrogens with zero attached hydrogens (tertiary/aromatic N) is 2. The second-order valence-corrected chi connectivity index (χ2v) is 5.45. The highest BCUT2D eigenvalue weighted by Gasteiger charge is 2.33. The van der Waals surface area contributed by atoms with Gasteiger partial charge in [-0.25, -0.2) is 4.79 Å². The molecular weight excluding hydrogens is 314 g/mol. The number of hydrogen-bond acceptors (Lipinski definition) is 1. The van der Waals surface area contributed by atoms with Crippen molar-refractivity contribution in [3.05, 3.63) is 29.8 Å². The van der Waals surface area contributed by atoms with Crippen LogP contribution in [0.2, 0.25) is 0 Å². The molecule has 0 saturated carbocycles. The number of hydrogen-bond donors (Lipinski definition) is 1. The van der Waals surface area contributed by atoms with Crippen molar-refractivity contribution >= 4 is 17.8 Å². The average Bonchev–Trinajstić information content (AvgIpc) is 2.36. The van der Waals surface area contributed by atoms with Crippen molar-refractivity contribution in [1.82, 2.24) is 4.90 Å². The molecule has 0 radical (unpaired) electrons. The number of para-hydroxylation sites is 1. The van der Waals surface area contributed by atoms with E-state index in [2.05, 4.69) is 4.99 Å². The van der Waals surface area contributed by atoms with Gasteiger partial charge in [0.15, 0.2) is 0 Å². The van der Waals surface area contributed by atoms with Crippen LogP contribution in [-0.4, -0.2) is 29.1 Å². The first-order valence-electron chi connectivity index (χ1n) is 7.03. The first kappa shape index (κ1) is 18.9. The molecule has 0 aliphatic rings. The van der Waals surface area contributed by atoms with Gasteiger partial charge in [0.1, 0.15) is 0 Å². The fourth-order valence-corrected chi connectivity index (χ4v) is 2.15. The summed E-state index contributed by atoms with van der Waals surface area (Å²) >= 11 is 0. The number of aliphatic imine (C=N–C) groups is 1. The Morgan fingerprint density at radius 3 is 2.13 bits per heavy atom. The lowest BCUT2D eigenvalue weighted by atomic mass is 10.1. The predicted molar refractivity (Wildman–Crippen MR) is 81.1 cm³/mol. The van der Waals surface area contributed by atoms with Crippen LogP contribution in [0.5, 0.6) is 0 Å². The Morgan fingerprint density at radius 2 is 1.65 bits per heavy atom. The number of amidine groups is 1. The summed E-state index contributed by atoms with van der Waals surface area (Å²) in [5, 5.41) is 1.97. The van der Waals surface area contributed by atoms with Crippen LogP contribution in [0.4, 0.5) is 28.0 Å². The molecule has 8 heteroatoms. The number of nitrogens with one attached hydrogen (secondary N) is 1. The number of anilines is 1. The molecule has 1 rings (SSSR count). The molecule has 128 valence electrons. The summed E-state index contributed by atoms with van der Waals surface area (Å²) in [7, 11) is 0. The topological polar surface area (TPSA) is 44.7 Å². The quantitative estimate of drug-likeness (QED) is 0.378. The number of carbonyl (C=O) groups is 1. The molecule has 0 aliphatic carbocycles. The molecule has 0 saturated heterocycles. The van der Waals surface area contributed by atoms with Gasteiger partial charge in [0.25, 0.3) is 6.09 Å². The van der Waals surface area contributed by atoms with E-state index in [0.29, 0.717) is 0 Å². The number of carbonyl (C=O) groups excluding carboxylic acids is 1. The fourth-order valence-electron chi connectivity index (χ4n) is 2.15. The minimum atomic E-state index is -4.63. The Labute approximate surface area is 132 Å². The van der Waals surface area contributed by atoms with Crippen molar-refractivity contribution < 1.29 is 22.4 Å². The van der Waals surface area contributed by atoms with E-state index in [-0.39, 0.29) is 12.1 Å². The molecule has 0 unspecified atom stereocenters. The molecule has 0 fully saturated rings. The maximum absolute atomic E-state index is 14.0. The van der Waals surface area contributed by atoms with E-state index in [1.165, 1.54) is 17.0 Å². The van der Waals surface area contributed by atoms with Crippen molar-refractivity contribution in [2.75, 3.05) is 5.32 Å². The standard InChI is InChI=1S/C15H19F4N3O/c1-9(2)22(10(3)4)13(16)21-14(23)20-12-8-6-5-7-11(12)15(17,18)19/h5-10H,1-4H3,(H,20,23)/b21-13+. The van der Waals surface area contributed by atoms with Gasteiger partial charge >= 0.3 is 12.2 Å². The molecule has 0 spiro atoms. The molecular formula is C15H19F4N3O. The van der Waals surface area contributed by atoms with Crippen molar-refractivity contribution in [2.24, 2.45) is 4.99 Å². The molecule has 23 heavy (non-hydrogen) atoms. The Bertz CT molecular complexity index is 574. The van der Waals surface area contributed by atoms with E-state index in [1.807, 2.05) is 5.32 Å². The molecule has 1 N–H and O–H groups in total. The van der Waals surface area contributed by atoms with Gasteiger partial charge in [-0.15, -0.1) is 4.99 Å². The molecule has 0 aromatic heterocycles. The Hall–Kier alpha value is -2.12. The molecule has 0 aliphatic heterocycles. The van der Waals surface area contributed by atoms with E-state index in [1.54, 1.807) is 27.7 Å². The van der Waals surface area contributed by atoms with Gasteiger partial charge < -0.3 is 10.2 Å². The molecule has 1 aromatic carbocycles. The first-order chi connectivity index (χ1) is 10.5. The lowest BCUT2D eigenvalue weighted by Gasteiger charge is -2.29. The van der Waals surface area contributed by atoms with Crippen molar-refractivity contribution in [1.29, 1.82) is 0 Å². The zero-order chi connectivity index (χ0) is 17.8. The van der Waals surface area contributed by atoms with E-state index < -0.39 is 29.5 Å². The Morgan fingerprint density at radius 1 is 1.13 bits per heavy atom. The zero-order valence-electron chi connectivity index (χ0n) is 13.3. The van der Waals surface area contributed by atoms with Crippen molar-refractivity contribution in [3.63, 3.8) is 0 Å². The van der Waals surface area contributed by atoms with Crippen molar-refractivity contribution in [3.8, 4) is 0 Å². The lowest BCUT2D eigenvalue weighted by molar-refractivity contribution is -0.136. The highest BCUT2D eigenvalue weighted by Crippen LogP contribution is 2.34. The molecule has 2 amide bonds. The van der Waals surface area contributed by atoms with E-state index >= 15 is 0 Å². The van der Waals surface area contributed by atoms with Crippen LogP contribution >= 0.6 is 0 Å². The molecule has 0 heterocycles. The number of amides is 2. The second-order valence-electron chi connectivity index (χ2n) is 5.45. The first-order valence-corrected chi connectivity index (χ1v) is 7.03. The third-order valence-electron chi connectivity index (χ3n) is 2.99. The molecule has 0 bridgehead atoms. The second kappa shape index (κ2) is 7.43. The number of benzene rings is 1. The van der Waals surface area contributed by atoms with Gasteiger partial charge in [-0.2, -0.15) is 17.6 Å². The number of rotatable bonds is 3. The maximum atomic E-state index is 14.0. The summed E-state index contributed by atoms with van der Waals surface area (Å²) in [4.78, 5) is 16.2. The number of halogens is 4. The average molecular weight is 333 g/mol. The summed E-state index contributed by atoms with van der Waals surface area (Å²) in [6, 6.07) is 2.72. The molecule has 0 atom stereocenters. The maximum Gasteiger partial charge on any atom is 0.418 e. The van der Waals surface area contributed by atoms with Crippen LogP contribution in [-0.2, 0) is 6.18 Å². The minimum absolute atomic E-state index is 0.256. The van der Waals surface area contributed by atoms with Gasteiger partial charge in [-0.05, 0) is 39.8 Å². The van der Waals surface area contributed by atoms with Crippen LogP contribution in [0.15, 0.2) is 29.3 Å². The van der Waals surface area contributed by atoms with Gasteiger partial charge in [-0.1, -0.05) is 12.1 Å². The van der Waals surface area contributed by atoms with Crippen LogP contribution < -0.4 is 5.32 Å². The Kier molecular flexibility index (Phi) is 6.12. The van der Waals surface area contributed by atoms with Crippen LogP contribution in [0.1, 0.15) is 33.3 Å². The Balaban J connectivity index is 2.99. The van der Waals surface area contributed by atoms with Crippen LogP contribution in [0.3, 0.4) is 0 Å². The van der Waals surface area contributed by atoms with Crippen molar-refractivity contribution in [2.45, 2.75) is 46.0 Å². The summed E-state index contributed by atoms with van der Waals surface area (Å²) < 4.78 is 52.5. The zero-order valence-corrected chi connectivity index (χ0v) is 13.3. The third kappa shape index (κ3) is 5.22. The summed E-state index contributed by atoms with van der Waals surface area (Å²) in [5.74, 6) is 0. The highest BCUT2D eigenvalue weighted by atomic mass is 19.4. The summed E-state index contributed by atoms with van der Waals surface area (Å²) in [6.45, 7) is 6.86. The largest absolute Gasteiger partial charge is 0.418 e. The normalized spacial score (nSPS) is 12.7. The lowest BCUT2D eigenvalue weighted by Crippen LogP contribution is -2.40. The predicted octanol–water partition coefficient (Wildman–Crippen LogP) is 4.68. The van der Waals surface area contributed by atoms with Crippen LogP contribution in [0.25, 0.3) is 0 Å². The van der Waals surface area contributed by atoms with Gasteiger partial charge in [-0.3, -0.25) is 0 Å². The third-order valence-corrected chi connectivity index (χ3v) is 2.99. The molecule has 1 aromatic rings. The minimum Gasteiger partial charge on any atom is -0.328 e. The fraction of sp³-hybridized carbons (Fsp3) is 0.467. The van der Waals surface area contributed by atoms with E-state index in [4.69, 9.17) is 0 Å². The van der Waals surface area contributed by atoms with Crippen LogP contribution in [0, 0.1) is 0 Å².